The van der Waals surface area contributed by atoms with Crippen molar-refractivity contribution in [2.75, 3.05) is 45.7 Å². The molecule has 4 nitrogen and oxygen atoms in total. The van der Waals surface area contributed by atoms with Gasteiger partial charge < -0.3 is 15.1 Å². The number of hydrogen-bond donors (Lipinski definition) is 1. The Hall–Kier alpha value is -0.650. The first kappa shape index (κ1) is 17.4. The molecule has 0 fully saturated rings. The molecular formula is C15H30N4S. The van der Waals surface area contributed by atoms with E-state index in [0.717, 1.165) is 45.4 Å². The van der Waals surface area contributed by atoms with Crippen molar-refractivity contribution < 1.29 is 0 Å². The summed E-state index contributed by atoms with van der Waals surface area (Å²) < 4.78 is 0. The molecule has 0 bridgehead atoms. The van der Waals surface area contributed by atoms with Crippen LogP contribution in [-0.4, -0.2) is 50.7 Å². The van der Waals surface area contributed by atoms with Crippen molar-refractivity contribution in [3.8, 4) is 0 Å². The van der Waals surface area contributed by atoms with E-state index < -0.39 is 0 Å². The van der Waals surface area contributed by atoms with Gasteiger partial charge in [0.15, 0.2) is 5.13 Å². The van der Waals surface area contributed by atoms with Gasteiger partial charge in [-0.3, -0.25) is 0 Å². The van der Waals surface area contributed by atoms with Crippen LogP contribution >= 0.6 is 11.3 Å². The molecule has 1 rings (SSSR count). The Bertz CT molecular complexity index is 352. The van der Waals surface area contributed by atoms with Crippen molar-refractivity contribution >= 4 is 16.5 Å². The molecule has 0 aliphatic heterocycles. The van der Waals surface area contributed by atoms with E-state index in [0.29, 0.717) is 0 Å². The zero-order valence-corrected chi connectivity index (χ0v) is 14.5. The fraction of sp³-hybridized carbons (Fsp3) is 0.800. The first-order valence-corrected chi connectivity index (χ1v) is 8.46. The Morgan fingerprint density at radius 2 is 1.85 bits per heavy atom. The van der Waals surface area contributed by atoms with E-state index in [4.69, 9.17) is 4.98 Å². The molecule has 0 unspecified atom stereocenters. The summed E-state index contributed by atoms with van der Waals surface area (Å²) in [4.78, 5) is 11.0. The number of hydrogen-bond acceptors (Lipinski definition) is 5. The number of nitrogens with zero attached hydrogens (tertiary/aromatic N) is 3. The fourth-order valence-electron chi connectivity index (χ4n) is 2.13. The molecule has 1 aromatic heterocycles. The van der Waals surface area contributed by atoms with E-state index in [-0.39, 0.29) is 0 Å². The molecule has 0 spiro atoms. The van der Waals surface area contributed by atoms with Gasteiger partial charge in [-0.25, -0.2) is 4.98 Å². The predicted octanol–water partition coefficient (Wildman–Crippen LogP) is 2.59. The SMILES string of the molecule is CCCc1nc(N(CCC)CCN(C)C)sc1CNC. The van der Waals surface area contributed by atoms with Crippen molar-refractivity contribution in [3.63, 3.8) is 0 Å². The monoisotopic (exact) mass is 298 g/mol. The van der Waals surface area contributed by atoms with Gasteiger partial charge in [0.1, 0.15) is 0 Å². The van der Waals surface area contributed by atoms with Crippen LogP contribution < -0.4 is 10.2 Å². The molecule has 0 aliphatic carbocycles. The summed E-state index contributed by atoms with van der Waals surface area (Å²) in [6.07, 6.45) is 3.41. The van der Waals surface area contributed by atoms with Crippen LogP contribution in [0.4, 0.5) is 5.13 Å². The van der Waals surface area contributed by atoms with Crippen molar-refractivity contribution in [2.24, 2.45) is 0 Å². The second-order valence-corrected chi connectivity index (χ2v) is 6.50. The summed E-state index contributed by atoms with van der Waals surface area (Å²) in [5.74, 6) is 0. The molecule has 0 saturated carbocycles. The fourth-order valence-corrected chi connectivity index (χ4v) is 3.30. The van der Waals surface area contributed by atoms with Crippen LogP contribution in [0.1, 0.15) is 37.3 Å². The number of nitrogens with one attached hydrogen (secondary N) is 1. The van der Waals surface area contributed by atoms with Gasteiger partial charge in [0.25, 0.3) is 0 Å². The van der Waals surface area contributed by atoms with Crippen LogP contribution in [-0.2, 0) is 13.0 Å². The molecular weight excluding hydrogens is 268 g/mol. The number of aryl methyl sites for hydroxylation is 1. The topological polar surface area (TPSA) is 31.4 Å². The molecule has 0 atom stereocenters. The van der Waals surface area contributed by atoms with Crippen LogP contribution in [0.15, 0.2) is 0 Å². The molecule has 0 aliphatic rings. The second-order valence-electron chi connectivity index (χ2n) is 5.44. The predicted molar refractivity (Wildman–Crippen MR) is 89.9 cm³/mol. The largest absolute Gasteiger partial charge is 0.347 e. The highest BCUT2D eigenvalue weighted by Crippen LogP contribution is 2.27. The van der Waals surface area contributed by atoms with E-state index in [1.165, 1.54) is 15.7 Å². The number of rotatable bonds is 10. The zero-order valence-electron chi connectivity index (χ0n) is 13.7. The molecule has 1 aromatic rings. The lowest BCUT2D eigenvalue weighted by atomic mass is 10.2. The van der Waals surface area contributed by atoms with E-state index in [1.807, 2.05) is 18.4 Å². The van der Waals surface area contributed by atoms with Crippen molar-refractivity contribution in [1.82, 2.24) is 15.2 Å². The quantitative estimate of drug-likeness (QED) is 0.719. The van der Waals surface area contributed by atoms with Crippen LogP contribution in [0.3, 0.4) is 0 Å². The van der Waals surface area contributed by atoms with E-state index in [2.05, 4.69) is 43.1 Å². The highest BCUT2D eigenvalue weighted by atomic mass is 32.1. The molecule has 0 aromatic carbocycles. The third-order valence-corrected chi connectivity index (χ3v) is 4.33. The zero-order chi connectivity index (χ0) is 15.0. The third kappa shape index (κ3) is 5.38. The molecule has 1 heterocycles. The molecule has 0 saturated heterocycles. The normalized spacial score (nSPS) is 11.3. The van der Waals surface area contributed by atoms with Gasteiger partial charge in [-0.2, -0.15) is 0 Å². The average Bonchev–Trinajstić information content (AvgIpc) is 2.78. The minimum atomic E-state index is 0.931. The van der Waals surface area contributed by atoms with Gasteiger partial charge in [0.2, 0.25) is 0 Å². The first-order chi connectivity index (χ1) is 9.62. The Labute approximate surface area is 128 Å². The number of likely N-dealkylation sites (N-methyl/N-ethyl adjacent to an activating group) is 1. The molecule has 0 amide bonds. The summed E-state index contributed by atoms with van der Waals surface area (Å²) in [6, 6.07) is 0. The Morgan fingerprint density at radius 3 is 2.40 bits per heavy atom. The molecule has 20 heavy (non-hydrogen) atoms. The Morgan fingerprint density at radius 1 is 1.10 bits per heavy atom. The highest BCUT2D eigenvalue weighted by Gasteiger charge is 2.15. The van der Waals surface area contributed by atoms with Crippen LogP contribution in [0.5, 0.6) is 0 Å². The second kappa shape index (κ2) is 9.32. The van der Waals surface area contributed by atoms with Gasteiger partial charge in [0, 0.05) is 31.1 Å². The smallest absolute Gasteiger partial charge is 0.185 e. The van der Waals surface area contributed by atoms with Crippen LogP contribution in [0.2, 0.25) is 0 Å². The lowest BCUT2D eigenvalue weighted by Crippen LogP contribution is -2.32. The average molecular weight is 298 g/mol. The highest BCUT2D eigenvalue weighted by molar-refractivity contribution is 7.15. The van der Waals surface area contributed by atoms with Gasteiger partial charge in [0.05, 0.1) is 5.69 Å². The number of thiazole rings is 1. The molecule has 116 valence electrons. The van der Waals surface area contributed by atoms with Gasteiger partial charge in [-0.15, -0.1) is 11.3 Å². The van der Waals surface area contributed by atoms with E-state index in [1.54, 1.807) is 0 Å². The maximum Gasteiger partial charge on any atom is 0.185 e. The van der Waals surface area contributed by atoms with E-state index >= 15 is 0 Å². The summed E-state index contributed by atoms with van der Waals surface area (Å²) in [5, 5.41) is 4.46. The van der Waals surface area contributed by atoms with Gasteiger partial charge in [-0.05, 0) is 34.0 Å². The van der Waals surface area contributed by atoms with E-state index in [9.17, 15) is 0 Å². The van der Waals surface area contributed by atoms with Crippen molar-refractivity contribution in [2.45, 2.75) is 39.7 Å². The standard InChI is InChI=1S/C15H30N4S/c1-6-8-13-14(12-16-3)20-15(17-13)19(9-7-2)11-10-18(4)5/h16H,6-12H2,1-5H3. The summed E-state index contributed by atoms with van der Waals surface area (Å²) >= 11 is 1.86. The molecule has 5 heteroatoms. The Kier molecular flexibility index (Phi) is 8.11. The summed E-state index contributed by atoms with van der Waals surface area (Å²) in [6.45, 7) is 8.60. The van der Waals surface area contributed by atoms with Crippen molar-refractivity contribution in [1.29, 1.82) is 0 Å². The molecule has 1 N–H and O–H groups in total. The summed E-state index contributed by atoms with van der Waals surface area (Å²) in [5.41, 5.74) is 1.29. The van der Waals surface area contributed by atoms with Crippen LogP contribution in [0, 0.1) is 0 Å². The number of aromatic nitrogens is 1. The number of anilines is 1. The molecule has 0 radical (unpaired) electrons. The Balaban J connectivity index is 2.85. The van der Waals surface area contributed by atoms with Crippen LogP contribution in [0.25, 0.3) is 0 Å². The maximum absolute atomic E-state index is 4.90. The third-order valence-electron chi connectivity index (χ3n) is 3.17. The maximum atomic E-state index is 4.90. The lowest BCUT2D eigenvalue weighted by molar-refractivity contribution is 0.413. The van der Waals surface area contributed by atoms with Crippen molar-refractivity contribution in [3.05, 3.63) is 10.6 Å². The van der Waals surface area contributed by atoms with Gasteiger partial charge in [-0.1, -0.05) is 20.3 Å². The summed E-state index contributed by atoms with van der Waals surface area (Å²) in [7, 11) is 6.26. The minimum absolute atomic E-state index is 0.931. The minimum Gasteiger partial charge on any atom is -0.347 e. The van der Waals surface area contributed by atoms with Gasteiger partial charge >= 0.3 is 0 Å². The lowest BCUT2D eigenvalue weighted by Gasteiger charge is -2.23. The first-order valence-electron chi connectivity index (χ1n) is 7.65.